The first kappa shape index (κ1) is 9.92. The van der Waals surface area contributed by atoms with Crippen LogP contribution in [-0.2, 0) is 9.59 Å². The number of unbranched alkanes of at least 4 members (excludes halogenated alkanes) is 1. The van der Waals surface area contributed by atoms with Crippen LogP contribution in [0.2, 0.25) is 0 Å². The van der Waals surface area contributed by atoms with E-state index in [0.717, 1.165) is 17.7 Å². The lowest BCUT2D eigenvalue weighted by Crippen LogP contribution is -2.45. The number of carbonyl (C=O) groups excluding carboxylic acids is 2. The number of hydrogen-bond acceptors (Lipinski definition) is 3. The second kappa shape index (κ2) is 4.18. The highest BCUT2D eigenvalue weighted by Gasteiger charge is 2.27. The number of carbonyl (C=O) groups is 2. The number of nitrogens with two attached hydrogens (primary N) is 1. The zero-order valence-electron chi connectivity index (χ0n) is 7.69. The van der Waals surface area contributed by atoms with E-state index in [2.05, 4.69) is 0 Å². The Morgan fingerprint density at radius 1 is 1.38 bits per heavy atom. The molecule has 0 radical (unpaired) electrons. The standard InChI is InChI=1S/C9H14N2O2/c1-2-3-4-7(10)11-8(12)5-6-9(11)13/h5-7H,2-4,10H2,1H3. The van der Waals surface area contributed by atoms with E-state index in [-0.39, 0.29) is 11.8 Å². The summed E-state index contributed by atoms with van der Waals surface area (Å²) in [6.07, 6.45) is 4.67. The molecule has 2 N–H and O–H groups in total. The molecule has 1 unspecified atom stereocenters. The average molecular weight is 182 g/mol. The lowest BCUT2D eigenvalue weighted by Gasteiger charge is -2.21. The van der Waals surface area contributed by atoms with Crippen molar-refractivity contribution in [2.75, 3.05) is 0 Å². The van der Waals surface area contributed by atoms with Crippen molar-refractivity contribution in [2.45, 2.75) is 32.4 Å². The molecule has 4 heteroatoms. The zero-order valence-corrected chi connectivity index (χ0v) is 7.69. The van der Waals surface area contributed by atoms with Gasteiger partial charge in [0, 0.05) is 12.2 Å². The van der Waals surface area contributed by atoms with E-state index in [9.17, 15) is 9.59 Å². The molecule has 2 amide bonds. The van der Waals surface area contributed by atoms with Crippen LogP contribution in [-0.4, -0.2) is 22.9 Å². The Morgan fingerprint density at radius 2 is 1.92 bits per heavy atom. The van der Waals surface area contributed by atoms with Crippen molar-refractivity contribution in [3.8, 4) is 0 Å². The molecule has 72 valence electrons. The summed E-state index contributed by atoms with van der Waals surface area (Å²) >= 11 is 0. The van der Waals surface area contributed by atoms with E-state index >= 15 is 0 Å². The maximum Gasteiger partial charge on any atom is 0.254 e. The summed E-state index contributed by atoms with van der Waals surface area (Å²) in [5, 5.41) is 0. The molecule has 0 saturated carbocycles. The second-order valence-corrected chi connectivity index (χ2v) is 3.09. The fourth-order valence-electron chi connectivity index (χ4n) is 1.28. The van der Waals surface area contributed by atoms with Crippen LogP contribution in [0.4, 0.5) is 0 Å². The van der Waals surface area contributed by atoms with E-state index in [1.807, 2.05) is 6.92 Å². The Bertz CT molecular complexity index is 230. The summed E-state index contributed by atoms with van der Waals surface area (Å²) in [4.78, 5) is 23.4. The van der Waals surface area contributed by atoms with Crippen molar-refractivity contribution in [2.24, 2.45) is 5.73 Å². The molecule has 0 aromatic carbocycles. The summed E-state index contributed by atoms with van der Waals surface area (Å²) in [5.74, 6) is -0.595. The Balaban J connectivity index is 2.51. The zero-order chi connectivity index (χ0) is 9.84. The van der Waals surface area contributed by atoms with Gasteiger partial charge in [-0.25, -0.2) is 0 Å². The first-order valence-corrected chi connectivity index (χ1v) is 4.47. The molecule has 13 heavy (non-hydrogen) atoms. The fraction of sp³-hybridized carbons (Fsp3) is 0.556. The molecular weight excluding hydrogens is 168 g/mol. The highest BCUT2D eigenvalue weighted by Crippen LogP contribution is 2.10. The molecule has 1 aliphatic rings. The van der Waals surface area contributed by atoms with Crippen LogP contribution in [0.15, 0.2) is 12.2 Å². The van der Waals surface area contributed by atoms with Crippen molar-refractivity contribution >= 4 is 11.8 Å². The molecule has 1 rings (SSSR count). The molecular formula is C9H14N2O2. The molecule has 1 atom stereocenters. The van der Waals surface area contributed by atoms with Crippen molar-refractivity contribution < 1.29 is 9.59 Å². The summed E-state index contributed by atoms with van der Waals surface area (Å²) in [6.45, 7) is 2.04. The molecule has 0 spiro atoms. The first-order chi connectivity index (χ1) is 6.16. The quantitative estimate of drug-likeness (QED) is 0.639. The van der Waals surface area contributed by atoms with Crippen LogP contribution in [0.1, 0.15) is 26.2 Å². The second-order valence-electron chi connectivity index (χ2n) is 3.09. The molecule has 1 heterocycles. The van der Waals surface area contributed by atoms with Gasteiger partial charge in [0.05, 0.1) is 6.17 Å². The van der Waals surface area contributed by atoms with E-state index in [0.29, 0.717) is 6.42 Å². The van der Waals surface area contributed by atoms with Crippen LogP contribution >= 0.6 is 0 Å². The molecule has 1 aliphatic heterocycles. The van der Waals surface area contributed by atoms with Gasteiger partial charge >= 0.3 is 0 Å². The number of imide groups is 1. The van der Waals surface area contributed by atoms with Crippen molar-refractivity contribution in [1.29, 1.82) is 0 Å². The first-order valence-electron chi connectivity index (χ1n) is 4.47. The highest BCUT2D eigenvalue weighted by atomic mass is 16.2. The predicted octanol–water partition coefficient (Wildman–Crippen LogP) is 0.386. The van der Waals surface area contributed by atoms with Crippen LogP contribution in [0.25, 0.3) is 0 Å². The SMILES string of the molecule is CCCCC(N)N1C(=O)C=CC1=O. The summed E-state index contributed by atoms with van der Waals surface area (Å²) < 4.78 is 0. The summed E-state index contributed by atoms with van der Waals surface area (Å²) in [7, 11) is 0. The largest absolute Gasteiger partial charge is 0.311 e. The van der Waals surface area contributed by atoms with Gasteiger partial charge in [0.15, 0.2) is 0 Å². The van der Waals surface area contributed by atoms with Crippen molar-refractivity contribution in [1.82, 2.24) is 4.90 Å². The maximum atomic E-state index is 11.1. The normalized spacial score (nSPS) is 18.5. The van der Waals surface area contributed by atoms with Gasteiger partial charge in [-0.1, -0.05) is 19.8 Å². The number of rotatable bonds is 4. The van der Waals surface area contributed by atoms with Gasteiger partial charge in [-0.15, -0.1) is 0 Å². The third-order valence-electron chi connectivity index (χ3n) is 2.03. The highest BCUT2D eigenvalue weighted by molar-refractivity contribution is 6.13. The van der Waals surface area contributed by atoms with Gasteiger partial charge in [0.25, 0.3) is 11.8 Å². The van der Waals surface area contributed by atoms with E-state index < -0.39 is 6.17 Å². The van der Waals surface area contributed by atoms with Gasteiger partial charge < -0.3 is 5.73 Å². The van der Waals surface area contributed by atoms with Gasteiger partial charge in [0.1, 0.15) is 0 Å². The third-order valence-corrected chi connectivity index (χ3v) is 2.03. The predicted molar refractivity (Wildman–Crippen MR) is 48.5 cm³/mol. The van der Waals surface area contributed by atoms with Crippen molar-refractivity contribution in [3.05, 3.63) is 12.2 Å². The Hall–Kier alpha value is -1.16. The molecule has 0 bridgehead atoms. The van der Waals surface area contributed by atoms with Gasteiger partial charge in [-0.3, -0.25) is 14.5 Å². The number of amides is 2. The van der Waals surface area contributed by atoms with Gasteiger partial charge in [0.2, 0.25) is 0 Å². The minimum absolute atomic E-state index is 0.298. The van der Waals surface area contributed by atoms with Crippen LogP contribution in [0.3, 0.4) is 0 Å². The lowest BCUT2D eigenvalue weighted by molar-refractivity contribution is -0.139. The summed E-state index contributed by atoms with van der Waals surface area (Å²) in [6, 6.07) is 0. The Morgan fingerprint density at radius 3 is 2.38 bits per heavy atom. The third kappa shape index (κ3) is 2.15. The minimum Gasteiger partial charge on any atom is -0.311 e. The molecule has 4 nitrogen and oxygen atoms in total. The minimum atomic E-state index is -0.463. The molecule has 0 aromatic rings. The van der Waals surface area contributed by atoms with Crippen LogP contribution in [0.5, 0.6) is 0 Å². The summed E-state index contributed by atoms with van der Waals surface area (Å²) in [5.41, 5.74) is 5.69. The van der Waals surface area contributed by atoms with Gasteiger partial charge in [-0.05, 0) is 6.42 Å². The Kier molecular flexibility index (Phi) is 3.19. The topological polar surface area (TPSA) is 63.4 Å². The van der Waals surface area contributed by atoms with Crippen LogP contribution in [0, 0.1) is 0 Å². The monoisotopic (exact) mass is 182 g/mol. The molecule has 0 aliphatic carbocycles. The lowest BCUT2D eigenvalue weighted by atomic mass is 10.2. The molecule has 0 fully saturated rings. The van der Waals surface area contributed by atoms with E-state index in [4.69, 9.17) is 5.73 Å². The Labute approximate surface area is 77.4 Å². The average Bonchev–Trinajstić information content (AvgIpc) is 2.42. The van der Waals surface area contributed by atoms with Crippen molar-refractivity contribution in [3.63, 3.8) is 0 Å². The smallest absolute Gasteiger partial charge is 0.254 e. The van der Waals surface area contributed by atoms with E-state index in [1.54, 1.807) is 0 Å². The van der Waals surface area contributed by atoms with Crippen LogP contribution < -0.4 is 5.73 Å². The fourth-order valence-corrected chi connectivity index (χ4v) is 1.28. The van der Waals surface area contributed by atoms with E-state index in [1.165, 1.54) is 12.2 Å². The number of hydrogen-bond donors (Lipinski definition) is 1. The number of nitrogens with zero attached hydrogens (tertiary/aromatic N) is 1. The maximum absolute atomic E-state index is 11.1. The molecule has 0 saturated heterocycles. The van der Waals surface area contributed by atoms with Gasteiger partial charge in [-0.2, -0.15) is 0 Å². The molecule has 0 aromatic heterocycles.